The summed E-state index contributed by atoms with van der Waals surface area (Å²) in [7, 11) is -3.51. The second-order valence-corrected chi connectivity index (χ2v) is 9.44. The van der Waals surface area contributed by atoms with Gasteiger partial charge in [0.2, 0.25) is 10.0 Å². The molecule has 1 fully saturated rings. The highest BCUT2D eigenvalue weighted by atomic mass is 32.2. The van der Waals surface area contributed by atoms with Gasteiger partial charge < -0.3 is 5.32 Å². The predicted octanol–water partition coefficient (Wildman–Crippen LogP) is 3.50. The number of hydrogen-bond acceptors (Lipinski definition) is 5. The van der Waals surface area contributed by atoms with Crippen LogP contribution in [0.3, 0.4) is 0 Å². The van der Waals surface area contributed by atoms with Crippen molar-refractivity contribution in [1.29, 1.82) is 0 Å². The monoisotopic (exact) mass is 441 g/mol. The highest BCUT2D eigenvalue weighted by Gasteiger charge is 2.25. The van der Waals surface area contributed by atoms with Crippen molar-refractivity contribution < 1.29 is 22.0 Å². The third-order valence-corrected chi connectivity index (χ3v) is 7.19. The third kappa shape index (κ3) is 5.52. The average Bonchev–Trinajstić information content (AvgIpc) is 2.73. The van der Waals surface area contributed by atoms with Crippen molar-refractivity contribution in [1.82, 2.24) is 14.6 Å². The van der Waals surface area contributed by atoms with Crippen LogP contribution in [0.15, 0.2) is 52.5 Å². The summed E-state index contributed by atoms with van der Waals surface area (Å²) in [4.78, 5) is 16.4. The van der Waals surface area contributed by atoms with Gasteiger partial charge in [-0.1, -0.05) is 18.6 Å². The van der Waals surface area contributed by atoms with Crippen molar-refractivity contribution in [3.63, 3.8) is 0 Å². The number of sulfonamides is 1. The van der Waals surface area contributed by atoms with Crippen LogP contribution in [0, 0.1) is 0 Å². The zero-order valence-electron chi connectivity index (χ0n) is 15.6. The van der Waals surface area contributed by atoms with Crippen molar-refractivity contribution in [2.75, 3.05) is 13.1 Å². The normalized spacial score (nSPS) is 15.4. The molecule has 0 aliphatic carbocycles. The lowest BCUT2D eigenvalue weighted by atomic mass is 10.2. The largest absolute Gasteiger partial charge is 0.348 e. The molecule has 1 aliphatic rings. The maximum absolute atomic E-state index is 12.7. The number of nitrogens with zero attached hydrogens (tertiary/aromatic N) is 2. The van der Waals surface area contributed by atoms with E-state index >= 15 is 0 Å². The summed E-state index contributed by atoms with van der Waals surface area (Å²) >= 11 is 0.217. The summed E-state index contributed by atoms with van der Waals surface area (Å²) < 4.78 is 52.1. The molecule has 29 heavy (non-hydrogen) atoms. The minimum Gasteiger partial charge on any atom is -0.348 e. The van der Waals surface area contributed by atoms with Gasteiger partial charge in [-0.15, -0.1) is 0 Å². The second kappa shape index (κ2) is 9.64. The Bertz CT molecular complexity index is 947. The number of alkyl halides is 2. The summed E-state index contributed by atoms with van der Waals surface area (Å²) in [5, 5.41) is 2.61. The van der Waals surface area contributed by atoms with Crippen LogP contribution in [-0.2, 0) is 16.6 Å². The van der Waals surface area contributed by atoms with Crippen LogP contribution in [0.4, 0.5) is 8.78 Å². The van der Waals surface area contributed by atoms with Gasteiger partial charge in [-0.2, -0.15) is 13.1 Å². The lowest BCUT2D eigenvalue weighted by Gasteiger charge is -2.25. The van der Waals surface area contributed by atoms with Crippen LogP contribution >= 0.6 is 11.8 Å². The molecule has 156 valence electrons. The van der Waals surface area contributed by atoms with Gasteiger partial charge in [-0.25, -0.2) is 13.4 Å². The molecule has 0 spiro atoms. The molecule has 1 aliphatic heterocycles. The number of nitrogens with one attached hydrogen (secondary N) is 1. The molecular weight excluding hydrogens is 420 g/mol. The fourth-order valence-corrected chi connectivity index (χ4v) is 5.15. The predicted molar refractivity (Wildman–Crippen MR) is 106 cm³/mol. The van der Waals surface area contributed by atoms with E-state index in [1.807, 2.05) is 0 Å². The molecule has 1 saturated heterocycles. The van der Waals surface area contributed by atoms with E-state index in [4.69, 9.17) is 0 Å². The zero-order valence-corrected chi connectivity index (χ0v) is 17.2. The molecule has 3 rings (SSSR count). The Morgan fingerprint density at radius 2 is 1.83 bits per heavy atom. The maximum Gasteiger partial charge on any atom is 0.290 e. The minimum atomic E-state index is -3.51. The fourth-order valence-electron chi connectivity index (χ4n) is 3.05. The summed E-state index contributed by atoms with van der Waals surface area (Å²) in [6, 6.07) is 9.25. The maximum atomic E-state index is 12.7. The van der Waals surface area contributed by atoms with E-state index in [9.17, 15) is 22.0 Å². The molecule has 0 radical (unpaired) electrons. The van der Waals surface area contributed by atoms with Gasteiger partial charge in [0.15, 0.2) is 0 Å². The van der Waals surface area contributed by atoms with Crippen LogP contribution in [0.1, 0.15) is 35.2 Å². The number of halogens is 2. The summed E-state index contributed by atoms with van der Waals surface area (Å²) in [6.07, 6.45) is 4.12. The first-order valence-electron chi connectivity index (χ1n) is 9.15. The molecule has 6 nitrogen and oxygen atoms in total. The number of thioether (sulfide) groups is 1. The van der Waals surface area contributed by atoms with Crippen LogP contribution in [0.5, 0.6) is 0 Å². The van der Waals surface area contributed by atoms with Gasteiger partial charge in [0.1, 0.15) is 5.03 Å². The van der Waals surface area contributed by atoms with Crippen LogP contribution in [0.25, 0.3) is 0 Å². The topological polar surface area (TPSA) is 79.4 Å². The number of carbonyl (C=O) groups is 1. The van der Waals surface area contributed by atoms with Crippen molar-refractivity contribution in [2.24, 2.45) is 0 Å². The number of piperidine rings is 1. The Kier molecular flexibility index (Phi) is 7.20. The van der Waals surface area contributed by atoms with E-state index in [0.29, 0.717) is 18.7 Å². The molecule has 2 aromatic rings. The van der Waals surface area contributed by atoms with Gasteiger partial charge in [0.05, 0.1) is 10.5 Å². The molecule has 1 aromatic heterocycles. The molecule has 0 unspecified atom stereocenters. The smallest absolute Gasteiger partial charge is 0.290 e. The molecular formula is C19H21F2N3O3S2. The molecule has 1 N–H and O–H groups in total. The van der Waals surface area contributed by atoms with E-state index < -0.39 is 21.7 Å². The number of amides is 1. The Morgan fingerprint density at radius 1 is 1.14 bits per heavy atom. The number of benzene rings is 1. The molecule has 0 saturated carbocycles. The summed E-state index contributed by atoms with van der Waals surface area (Å²) in [6.45, 7) is 1.20. The van der Waals surface area contributed by atoms with E-state index in [0.717, 1.165) is 19.3 Å². The Morgan fingerprint density at radius 3 is 2.48 bits per heavy atom. The molecule has 0 bridgehead atoms. The number of carbonyl (C=O) groups excluding carboxylic acids is 1. The van der Waals surface area contributed by atoms with Crippen molar-refractivity contribution in [3.8, 4) is 0 Å². The number of aromatic nitrogens is 1. The minimum absolute atomic E-state index is 0.0389. The molecule has 2 heterocycles. The van der Waals surface area contributed by atoms with Gasteiger partial charge >= 0.3 is 0 Å². The average molecular weight is 442 g/mol. The van der Waals surface area contributed by atoms with Gasteiger partial charge in [0, 0.05) is 25.8 Å². The number of pyridine rings is 1. The van der Waals surface area contributed by atoms with Gasteiger partial charge in [-0.3, -0.25) is 4.79 Å². The Balaban J connectivity index is 1.64. The van der Waals surface area contributed by atoms with Gasteiger partial charge in [-0.05, 0) is 54.4 Å². The highest BCUT2D eigenvalue weighted by Crippen LogP contribution is 2.26. The van der Waals surface area contributed by atoms with E-state index in [-0.39, 0.29) is 33.8 Å². The second-order valence-electron chi connectivity index (χ2n) is 6.53. The molecule has 10 heteroatoms. The Labute approximate surface area is 172 Å². The highest BCUT2D eigenvalue weighted by molar-refractivity contribution is 7.99. The summed E-state index contributed by atoms with van der Waals surface area (Å²) in [5.74, 6) is -3.20. The zero-order chi connectivity index (χ0) is 20.9. The van der Waals surface area contributed by atoms with Gasteiger partial charge in [0.25, 0.3) is 11.7 Å². The van der Waals surface area contributed by atoms with Crippen LogP contribution in [-0.4, -0.2) is 42.5 Å². The fraction of sp³-hybridized carbons (Fsp3) is 0.368. The number of hydrogen-bond donors (Lipinski definition) is 1. The van der Waals surface area contributed by atoms with Crippen LogP contribution in [0.2, 0.25) is 0 Å². The first kappa shape index (κ1) is 21.7. The lowest BCUT2D eigenvalue weighted by molar-refractivity contribution is 0.0947. The first-order chi connectivity index (χ1) is 13.9. The van der Waals surface area contributed by atoms with E-state index in [1.54, 1.807) is 12.1 Å². The quantitative estimate of drug-likeness (QED) is 0.666. The molecule has 0 atom stereocenters. The SMILES string of the molecule is O=C(NCc1ccc(S(=O)(=O)N2CCCCC2)cc1)c1cccnc1SC(F)F. The van der Waals surface area contributed by atoms with E-state index in [2.05, 4.69) is 10.3 Å². The van der Waals surface area contributed by atoms with Crippen molar-refractivity contribution >= 4 is 27.7 Å². The van der Waals surface area contributed by atoms with Crippen LogP contribution < -0.4 is 5.32 Å². The molecule has 1 aromatic carbocycles. The lowest BCUT2D eigenvalue weighted by Crippen LogP contribution is -2.35. The third-order valence-electron chi connectivity index (χ3n) is 4.55. The van der Waals surface area contributed by atoms with Crippen molar-refractivity contribution in [3.05, 3.63) is 53.7 Å². The van der Waals surface area contributed by atoms with E-state index in [1.165, 1.54) is 34.8 Å². The first-order valence-corrected chi connectivity index (χ1v) is 11.5. The Hall–Kier alpha value is -2.04. The standard InChI is InChI=1S/C19H21F2N3O3S2/c20-19(21)28-18-16(5-4-10-22-18)17(25)23-13-14-6-8-15(9-7-14)29(26,27)24-11-2-1-3-12-24/h4-10,19H,1-3,11-13H2,(H,23,25). The summed E-state index contributed by atoms with van der Waals surface area (Å²) in [5.41, 5.74) is 0.769. The van der Waals surface area contributed by atoms with Crippen molar-refractivity contribution in [2.45, 2.75) is 41.5 Å². The number of rotatable bonds is 7. The molecule has 1 amide bonds.